The third kappa shape index (κ3) is 0.964. The van der Waals surface area contributed by atoms with Crippen LogP contribution in [-0.2, 0) is 5.11 Å². The predicted molar refractivity (Wildman–Crippen MR) is 30.3 cm³/mol. The van der Waals surface area contributed by atoms with Gasteiger partial charge in [-0.25, -0.2) is 0 Å². The molecule has 1 rings (SSSR count). The average Bonchev–Trinajstić information content (AvgIpc) is 1.77. The SMILES string of the molecule is N=C1C=CC([O])=CC1. The number of allylic oxidation sites excluding steroid dienone is 3. The molecule has 2 nitrogen and oxygen atoms in total. The van der Waals surface area contributed by atoms with Crippen molar-refractivity contribution in [3.05, 3.63) is 24.0 Å². The number of hydrogen-bond donors (Lipinski definition) is 1. The first-order valence-electron chi connectivity index (χ1n) is 2.42. The number of rotatable bonds is 0. The van der Waals surface area contributed by atoms with Crippen LogP contribution in [0.5, 0.6) is 0 Å². The summed E-state index contributed by atoms with van der Waals surface area (Å²) in [6.45, 7) is 0. The fraction of sp³-hybridized carbons (Fsp3) is 0.167. The predicted octanol–water partition coefficient (Wildman–Crippen LogP) is 1.28. The molecular formula is C6H6NO. The lowest BCUT2D eigenvalue weighted by atomic mass is 10.1. The second-order valence-electron chi connectivity index (χ2n) is 1.67. The summed E-state index contributed by atoms with van der Waals surface area (Å²) in [5.74, 6) is 0.0148. The van der Waals surface area contributed by atoms with Gasteiger partial charge in [0.05, 0.1) is 0 Å². The van der Waals surface area contributed by atoms with Gasteiger partial charge in [0.15, 0.2) is 5.76 Å². The van der Waals surface area contributed by atoms with Gasteiger partial charge in [0.1, 0.15) is 0 Å². The molecule has 0 heterocycles. The highest BCUT2D eigenvalue weighted by Gasteiger charge is 1.97. The third-order valence-electron chi connectivity index (χ3n) is 0.972. The van der Waals surface area contributed by atoms with Crippen molar-refractivity contribution in [3.8, 4) is 0 Å². The van der Waals surface area contributed by atoms with E-state index in [0.29, 0.717) is 12.1 Å². The molecule has 1 aliphatic rings. The molecule has 0 saturated heterocycles. The van der Waals surface area contributed by atoms with E-state index < -0.39 is 0 Å². The van der Waals surface area contributed by atoms with Crippen molar-refractivity contribution >= 4 is 5.71 Å². The average molecular weight is 108 g/mol. The molecule has 41 valence electrons. The maximum absolute atomic E-state index is 10.4. The molecule has 0 bridgehead atoms. The lowest BCUT2D eigenvalue weighted by Crippen LogP contribution is -1.93. The van der Waals surface area contributed by atoms with Crippen molar-refractivity contribution in [2.24, 2.45) is 0 Å². The highest BCUT2D eigenvalue weighted by Crippen LogP contribution is 2.03. The Morgan fingerprint density at radius 1 is 1.50 bits per heavy atom. The zero-order valence-corrected chi connectivity index (χ0v) is 4.35. The molecule has 0 unspecified atom stereocenters. The van der Waals surface area contributed by atoms with E-state index >= 15 is 0 Å². The van der Waals surface area contributed by atoms with Crippen LogP contribution >= 0.6 is 0 Å². The molecule has 0 aromatic carbocycles. The summed E-state index contributed by atoms with van der Waals surface area (Å²) in [5, 5.41) is 17.4. The van der Waals surface area contributed by atoms with Crippen molar-refractivity contribution in [2.75, 3.05) is 0 Å². The van der Waals surface area contributed by atoms with E-state index in [4.69, 9.17) is 5.41 Å². The van der Waals surface area contributed by atoms with E-state index in [1.807, 2.05) is 0 Å². The smallest absolute Gasteiger partial charge is 0.175 e. The molecule has 0 aromatic rings. The van der Waals surface area contributed by atoms with Crippen LogP contribution in [0.1, 0.15) is 6.42 Å². The van der Waals surface area contributed by atoms with Gasteiger partial charge in [-0.05, 0) is 18.2 Å². The van der Waals surface area contributed by atoms with Gasteiger partial charge in [0.25, 0.3) is 0 Å². The molecule has 0 saturated carbocycles. The highest BCUT2D eigenvalue weighted by atomic mass is 16.3. The standard InChI is InChI=1S/C6H6NO/c7-5-1-3-6(8)4-2-5/h1,3-4,7H,2H2. The summed E-state index contributed by atoms with van der Waals surface area (Å²) in [6, 6.07) is 0. The van der Waals surface area contributed by atoms with Crippen molar-refractivity contribution in [1.29, 1.82) is 5.41 Å². The summed E-state index contributed by atoms with van der Waals surface area (Å²) in [4.78, 5) is 0. The molecular weight excluding hydrogens is 102 g/mol. The van der Waals surface area contributed by atoms with Gasteiger partial charge in [0, 0.05) is 12.1 Å². The molecule has 1 aliphatic carbocycles. The van der Waals surface area contributed by atoms with Crippen molar-refractivity contribution < 1.29 is 5.11 Å². The van der Waals surface area contributed by atoms with Crippen LogP contribution in [0.15, 0.2) is 24.0 Å². The number of nitrogens with one attached hydrogen (secondary N) is 1. The first-order valence-corrected chi connectivity index (χ1v) is 2.42. The Bertz CT molecular complexity index is 165. The zero-order chi connectivity index (χ0) is 5.98. The van der Waals surface area contributed by atoms with Crippen LogP contribution in [0.4, 0.5) is 0 Å². The van der Waals surface area contributed by atoms with Crippen LogP contribution in [0.2, 0.25) is 0 Å². The molecule has 8 heavy (non-hydrogen) atoms. The molecule has 0 atom stereocenters. The first-order chi connectivity index (χ1) is 3.79. The third-order valence-corrected chi connectivity index (χ3v) is 0.972. The van der Waals surface area contributed by atoms with Gasteiger partial charge in [-0.3, -0.25) is 5.11 Å². The molecule has 0 spiro atoms. The fourth-order valence-corrected chi connectivity index (χ4v) is 0.529. The molecule has 0 fully saturated rings. The van der Waals surface area contributed by atoms with Crippen molar-refractivity contribution in [1.82, 2.24) is 0 Å². The Labute approximate surface area is 47.7 Å². The Balaban J connectivity index is 2.71. The van der Waals surface area contributed by atoms with E-state index in [1.54, 1.807) is 0 Å². The van der Waals surface area contributed by atoms with E-state index in [0.717, 1.165) is 0 Å². The van der Waals surface area contributed by atoms with Gasteiger partial charge >= 0.3 is 0 Å². The second kappa shape index (κ2) is 1.82. The van der Waals surface area contributed by atoms with Crippen LogP contribution in [-0.4, -0.2) is 5.71 Å². The molecule has 0 aliphatic heterocycles. The van der Waals surface area contributed by atoms with E-state index in [1.165, 1.54) is 18.2 Å². The Kier molecular flexibility index (Phi) is 1.16. The quantitative estimate of drug-likeness (QED) is 0.485. The molecule has 1 N–H and O–H groups in total. The highest BCUT2D eigenvalue weighted by molar-refractivity contribution is 5.94. The van der Waals surface area contributed by atoms with Gasteiger partial charge in [-0.1, -0.05) is 0 Å². The summed E-state index contributed by atoms with van der Waals surface area (Å²) >= 11 is 0. The molecule has 0 aromatic heterocycles. The van der Waals surface area contributed by atoms with Crippen molar-refractivity contribution in [2.45, 2.75) is 6.42 Å². The van der Waals surface area contributed by atoms with E-state index in [9.17, 15) is 5.11 Å². The zero-order valence-electron chi connectivity index (χ0n) is 4.35. The second-order valence-corrected chi connectivity index (χ2v) is 1.67. The van der Waals surface area contributed by atoms with Crippen LogP contribution < -0.4 is 0 Å². The van der Waals surface area contributed by atoms with E-state index in [-0.39, 0.29) is 5.76 Å². The number of hydrogen-bond acceptors (Lipinski definition) is 1. The summed E-state index contributed by atoms with van der Waals surface area (Å²) in [7, 11) is 0. The Morgan fingerprint density at radius 3 is 2.62 bits per heavy atom. The van der Waals surface area contributed by atoms with Crippen molar-refractivity contribution in [3.63, 3.8) is 0 Å². The normalized spacial score (nSPS) is 18.5. The maximum atomic E-state index is 10.4. The van der Waals surface area contributed by atoms with E-state index in [2.05, 4.69) is 0 Å². The minimum atomic E-state index is 0.0148. The van der Waals surface area contributed by atoms with Crippen LogP contribution in [0.3, 0.4) is 0 Å². The summed E-state index contributed by atoms with van der Waals surface area (Å²) in [6.07, 6.45) is 4.94. The topological polar surface area (TPSA) is 43.8 Å². The molecule has 2 heteroatoms. The minimum Gasteiger partial charge on any atom is -0.305 e. The van der Waals surface area contributed by atoms with Gasteiger partial charge in [0.2, 0.25) is 0 Å². The molecule has 1 radical (unpaired) electrons. The Hall–Kier alpha value is -1.05. The maximum Gasteiger partial charge on any atom is 0.175 e. The van der Waals surface area contributed by atoms with Crippen LogP contribution in [0, 0.1) is 5.41 Å². The van der Waals surface area contributed by atoms with Gasteiger partial charge in [-0.15, -0.1) is 0 Å². The Morgan fingerprint density at radius 2 is 2.25 bits per heavy atom. The summed E-state index contributed by atoms with van der Waals surface area (Å²) < 4.78 is 0. The fourth-order valence-electron chi connectivity index (χ4n) is 0.529. The monoisotopic (exact) mass is 108 g/mol. The summed E-state index contributed by atoms with van der Waals surface area (Å²) in [5.41, 5.74) is 0.504. The largest absolute Gasteiger partial charge is 0.305 e. The lowest BCUT2D eigenvalue weighted by molar-refractivity contribution is 0.313. The van der Waals surface area contributed by atoms with Crippen LogP contribution in [0.25, 0.3) is 0 Å². The lowest BCUT2D eigenvalue weighted by Gasteiger charge is -1.95. The molecule has 0 amide bonds. The first kappa shape index (κ1) is 5.09. The van der Waals surface area contributed by atoms with Gasteiger partial charge in [-0.2, -0.15) is 0 Å². The van der Waals surface area contributed by atoms with Gasteiger partial charge < -0.3 is 5.41 Å². The minimum absolute atomic E-state index is 0.0148.